The summed E-state index contributed by atoms with van der Waals surface area (Å²) in [7, 11) is 0. The Hall–Kier alpha value is -2.17. The summed E-state index contributed by atoms with van der Waals surface area (Å²) >= 11 is 0. The van der Waals surface area contributed by atoms with E-state index in [-0.39, 0.29) is 17.3 Å². The molecule has 2 atom stereocenters. The van der Waals surface area contributed by atoms with Crippen LogP contribution >= 0.6 is 0 Å². The lowest BCUT2D eigenvalue weighted by atomic mass is 9.79. The predicted octanol–water partition coefficient (Wildman–Crippen LogP) is 2.12. The van der Waals surface area contributed by atoms with Gasteiger partial charge in [0.2, 0.25) is 0 Å². The van der Waals surface area contributed by atoms with Crippen LogP contribution in [0.15, 0.2) is 36.9 Å². The summed E-state index contributed by atoms with van der Waals surface area (Å²) < 4.78 is 7.13. The van der Waals surface area contributed by atoms with Crippen molar-refractivity contribution in [3.8, 4) is 0 Å². The third-order valence-corrected chi connectivity index (χ3v) is 5.01. The van der Waals surface area contributed by atoms with Crippen LogP contribution in [0.2, 0.25) is 0 Å². The number of ether oxygens (including phenoxy) is 1. The Balaban J connectivity index is 1.40. The zero-order chi connectivity index (χ0) is 15.0. The Morgan fingerprint density at radius 1 is 1.41 bits per heavy atom. The van der Waals surface area contributed by atoms with Crippen LogP contribution < -0.4 is 0 Å². The lowest BCUT2D eigenvalue weighted by Crippen LogP contribution is -2.23. The Morgan fingerprint density at radius 2 is 2.32 bits per heavy atom. The lowest BCUT2D eigenvalue weighted by molar-refractivity contribution is -0.146. The molecule has 114 valence electrons. The second-order valence-electron chi connectivity index (χ2n) is 6.25. The summed E-state index contributed by atoms with van der Waals surface area (Å²) in [6, 6.07) is 8.56. The monoisotopic (exact) mass is 297 g/mol. The van der Waals surface area contributed by atoms with E-state index in [4.69, 9.17) is 4.74 Å². The third kappa shape index (κ3) is 2.21. The molecular weight excluding hydrogens is 278 g/mol. The van der Waals surface area contributed by atoms with Gasteiger partial charge in [-0.05, 0) is 36.8 Å². The first kappa shape index (κ1) is 13.5. The van der Waals surface area contributed by atoms with E-state index in [0.717, 1.165) is 19.3 Å². The minimum atomic E-state index is -0.0585. The number of nitrogens with zero attached hydrogens (tertiary/aromatic N) is 3. The Morgan fingerprint density at radius 3 is 3.18 bits per heavy atom. The van der Waals surface area contributed by atoms with E-state index in [9.17, 15) is 4.79 Å². The highest BCUT2D eigenvalue weighted by Crippen LogP contribution is 2.60. The van der Waals surface area contributed by atoms with Gasteiger partial charge in [0.05, 0.1) is 12.5 Å². The van der Waals surface area contributed by atoms with Crippen LogP contribution in [0.25, 0.3) is 0 Å². The number of carbonyl (C=O) groups is 1. The maximum absolute atomic E-state index is 12.3. The molecule has 4 rings (SSSR count). The number of aryl methyl sites for hydroxylation is 1. The van der Waals surface area contributed by atoms with Gasteiger partial charge in [-0.1, -0.05) is 24.3 Å². The van der Waals surface area contributed by atoms with E-state index in [1.165, 1.54) is 23.9 Å². The molecule has 0 amide bonds. The fraction of sp³-hybridized carbons (Fsp3) is 0.471. The maximum Gasteiger partial charge on any atom is 0.309 e. The molecule has 1 saturated carbocycles. The predicted molar refractivity (Wildman–Crippen MR) is 80.1 cm³/mol. The molecule has 5 heteroatoms. The van der Waals surface area contributed by atoms with Gasteiger partial charge in [0.15, 0.2) is 0 Å². The molecule has 0 N–H and O–H groups in total. The molecule has 2 aliphatic carbocycles. The smallest absolute Gasteiger partial charge is 0.309 e. The maximum atomic E-state index is 12.3. The number of hydrogen-bond donors (Lipinski definition) is 0. The molecule has 1 fully saturated rings. The summed E-state index contributed by atoms with van der Waals surface area (Å²) in [5, 5.41) is 4.00. The van der Waals surface area contributed by atoms with Crippen molar-refractivity contribution < 1.29 is 9.53 Å². The Labute approximate surface area is 129 Å². The molecule has 1 aromatic heterocycles. The van der Waals surface area contributed by atoms with Crippen LogP contribution in [0.5, 0.6) is 0 Å². The van der Waals surface area contributed by atoms with Crippen molar-refractivity contribution >= 4 is 5.97 Å². The lowest BCUT2D eigenvalue weighted by Gasteiger charge is -2.26. The van der Waals surface area contributed by atoms with Gasteiger partial charge in [0.1, 0.15) is 19.3 Å². The topological polar surface area (TPSA) is 57.0 Å². The second kappa shape index (κ2) is 5.23. The van der Waals surface area contributed by atoms with Gasteiger partial charge in [-0.2, -0.15) is 5.10 Å². The molecule has 1 spiro atoms. The number of hydrogen-bond acceptors (Lipinski definition) is 4. The van der Waals surface area contributed by atoms with Crippen molar-refractivity contribution in [2.45, 2.75) is 37.6 Å². The number of aromatic nitrogens is 3. The highest BCUT2D eigenvalue weighted by atomic mass is 16.5. The van der Waals surface area contributed by atoms with Gasteiger partial charge in [0.25, 0.3) is 0 Å². The average Bonchev–Trinajstić information content (AvgIpc) is 3.02. The molecule has 1 heterocycles. The van der Waals surface area contributed by atoms with Crippen LogP contribution in [-0.4, -0.2) is 27.3 Å². The standard InChI is InChI=1S/C17H19N3O2/c21-16(22-9-8-20-12-18-11-19-20)15-10-17(15)7-3-5-13-4-1-2-6-14(13)17/h1-2,4,6,11-12,15H,3,5,7-10H2/t15-,17-/m0/s1. The minimum Gasteiger partial charge on any atom is -0.463 e. The molecule has 22 heavy (non-hydrogen) atoms. The van der Waals surface area contributed by atoms with E-state index in [2.05, 4.69) is 34.3 Å². The molecule has 0 unspecified atom stereocenters. The SMILES string of the molecule is O=C(OCCn1cncn1)[C@@H]1C[C@]12CCCc1ccccc12. The highest BCUT2D eigenvalue weighted by Gasteiger charge is 2.60. The summed E-state index contributed by atoms with van der Waals surface area (Å²) in [4.78, 5) is 16.2. The molecule has 0 bridgehead atoms. The van der Waals surface area contributed by atoms with Crippen molar-refractivity contribution in [3.63, 3.8) is 0 Å². The minimum absolute atomic E-state index is 0.0321. The van der Waals surface area contributed by atoms with Crippen molar-refractivity contribution in [2.75, 3.05) is 6.61 Å². The Kier molecular flexibility index (Phi) is 3.21. The van der Waals surface area contributed by atoms with E-state index >= 15 is 0 Å². The summed E-state index contributed by atoms with van der Waals surface area (Å²) in [6.45, 7) is 0.915. The first-order chi connectivity index (χ1) is 10.8. The molecule has 0 aliphatic heterocycles. The molecule has 0 radical (unpaired) electrons. The zero-order valence-corrected chi connectivity index (χ0v) is 12.4. The molecule has 5 nitrogen and oxygen atoms in total. The fourth-order valence-electron chi connectivity index (χ4n) is 3.83. The number of carbonyl (C=O) groups excluding carboxylic acids is 1. The van der Waals surface area contributed by atoms with E-state index < -0.39 is 0 Å². The largest absolute Gasteiger partial charge is 0.463 e. The number of benzene rings is 1. The van der Waals surface area contributed by atoms with Gasteiger partial charge in [0, 0.05) is 5.41 Å². The molecule has 1 aromatic carbocycles. The molecule has 0 saturated heterocycles. The Bertz CT molecular complexity index is 683. The number of esters is 1. The van der Waals surface area contributed by atoms with E-state index in [0.29, 0.717) is 13.2 Å². The van der Waals surface area contributed by atoms with Crippen LogP contribution in [0.4, 0.5) is 0 Å². The zero-order valence-electron chi connectivity index (χ0n) is 12.4. The van der Waals surface area contributed by atoms with Crippen molar-refractivity contribution in [3.05, 3.63) is 48.0 Å². The van der Waals surface area contributed by atoms with Gasteiger partial charge >= 0.3 is 5.97 Å². The second-order valence-corrected chi connectivity index (χ2v) is 6.25. The van der Waals surface area contributed by atoms with Crippen molar-refractivity contribution in [1.82, 2.24) is 14.8 Å². The van der Waals surface area contributed by atoms with Gasteiger partial charge < -0.3 is 4.74 Å². The summed E-state index contributed by atoms with van der Waals surface area (Å²) in [6.07, 6.45) is 7.45. The normalized spacial score (nSPS) is 25.7. The highest BCUT2D eigenvalue weighted by molar-refractivity contribution is 5.79. The molecule has 2 aliphatic rings. The van der Waals surface area contributed by atoms with Crippen LogP contribution in [0, 0.1) is 5.92 Å². The quantitative estimate of drug-likeness (QED) is 0.811. The average molecular weight is 297 g/mol. The van der Waals surface area contributed by atoms with Crippen LogP contribution in [-0.2, 0) is 27.9 Å². The van der Waals surface area contributed by atoms with Crippen molar-refractivity contribution in [1.29, 1.82) is 0 Å². The fourth-order valence-corrected chi connectivity index (χ4v) is 3.83. The number of rotatable bonds is 4. The van der Waals surface area contributed by atoms with Crippen LogP contribution in [0.1, 0.15) is 30.4 Å². The molecular formula is C17H19N3O2. The van der Waals surface area contributed by atoms with Gasteiger partial charge in [-0.15, -0.1) is 0 Å². The van der Waals surface area contributed by atoms with Gasteiger partial charge in [-0.3, -0.25) is 4.79 Å². The van der Waals surface area contributed by atoms with Gasteiger partial charge in [-0.25, -0.2) is 9.67 Å². The number of fused-ring (bicyclic) bond motifs is 2. The first-order valence-corrected chi connectivity index (χ1v) is 7.87. The van der Waals surface area contributed by atoms with Crippen LogP contribution in [0.3, 0.4) is 0 Å². The van der Waals surface area contributed by atoms with E-state index in [1.807, 2.05) is 0 Å². The van der Waals surface area contributed by atoms with E-state index in [1.54, 1.807) is 11.0 Å². The third-order valence-electron chi connectivity index (χ3n) is 5.01. The molecule has 2 aromatic rings. The first-order valence-electron chi connectivity index (χ1n) is 7.87. The van der Waals surface area contributed by atoms with Crippen molar-refractivity contribution in [2.24, 2.45) is 5.92 Å². The summed E-state index contributed by atoms with van der Waals surface area (Å²) in [5.74, 6) is -0.0264. The summed E-state index contributed by atoms with van der Waals surface area (Å²) in [5.41, 5.74) is 2.84.